The van der Waals surface area contributed by atoms with Crippen molar-refractivity contribution in [3.8, 4) is 5.75 Å². The van der Waals surface area contributed by atoms with Crippen molar-refractivity contribution in [2.45, 2.75) is 19.4 Å². The average molecular weight is 303 g/mol. The molecule has 1 unspecified atom stereocenters. The Labute approximate surface area is 130 Å². The van der Waals surface area contributed by atoms with Crippen LogP contribution in [0.3, 0.4) is 0 Å². The quantitative estimate of drug-likeness (QED) is 0.889. The van der Waals surface area contributed by atoms with Gasteiger partial charge in [-0.25, -0.2) is 0 Å². The first-order chi connectivity index (χ1) is 10.7. The van der Waals surface area contributed by atoms with Gasteiger partial charge >= 0.3 is 0 Å². The lowest BCUT2D eigenvalue weighted by atomic mass is 10.2. The number of ether oxygens (including phenoxy) is 1. The molecule has 1 saturated heterocycles. The van der Waals surface area contributed by atoms with E-state index in [9.17, 15) is 9.59 Å². The predicted octanol–water partition coefficient (Wildman–Crippen LogP) is 0.622. The van der Waals surface area contributed by atoms with Gasteiger partial charge in [-0.05, 0) is 19.1 Å². The van der Waals surface area contributed by atoms with E-state index in [1.165, 1.54) is 0 Å². The highest BCUT2D eigenvalue weighted by molar-refractivity contribution is 5.98. The van der Waals surface area contributed by atoms with E-state index in [2.05, 4.69) is 5.32 Å². The minimum absolute atomic E-state index is 0.0369. The third-order valence-electron chi connectivity index (χ3n) is 4.18. The van der Waals surface area contributed by atoms with Gasteiger partial charge in [0.2, 0.25) is 5.91 Å². The fraction of sp³-hybridized carbons (Fsp3) is 0.500. The smallest absolute Gasteiger partial charge is 0.265 e. The van der Waals surface area contributed by atoms with Crippen LogP contribution >= 0.6 is 0 Å². The number of anilines is 1. The number of carbonyl (C=O) groups excluding carboxylic acids is 2. The molecule has 6 heteroatoms. The van der Waals surface area contributed by atoms with Crippen molar-refractivity contribution >= 4 is 17.5 Å². The molecule has 0 aromatic heterocycles. The van der Waals surface area contributed by atoms with Crippen molar-refractivity contribution in [1.29, 1.82) is 0 Å². The van der Waals surface area contributed by atoms with Crippen LogP contribution in [-0.2, 0) is 9.59 Å². The molecule has 6 nitrogen and oxygen atoms in total. The summed E-state index contributed by atoms with van der Waals surface area (Å²) < 4.78 is 5.41. The minimum Gasteiger partial charge on any atom is -0.482 e. The van der Waals surface area contributed by atoms with Crippen molar-refractivity contribution in [2.75, 3.05) is 37.7 Å². The number of hydrogen-bond acceptors (Lipinski definition) is 4. The Morgan fingerprint density at radius 1 is 1.41 bits per heavy atom. The van der Waals surface area contributed by atoms with Gasteiger partial charge < -0.3 is 19.9 Å². The Balaban J connectivity index is 1.66. The lowest BCUT2D eigenvalue weighted by molar-refractivity contribution is -0.133. The zero-order valence-electron chi connectivity index (χ0n) is 12.7. The number of nitrogens with one attached hydrogen (secondary N) is 1. The van der Waals surface area contributed by atoms with Crippen molar-refractivity contribution in [3.63, 3.8) is 0 Å². The third kappa shape index (κ3) is 2.92. The molecule has 1 aromatic carbocycles. The number of carbonyl (C=O) groups is 2. The molecule has 0 spiro atoms. The summed E-state index contributed by atoms with van der Waals surface area (Å²) in [6.07, 6.45) is 0.338. The first kappa shape index (κ1) is 14.8. The number of rotatable bonds is 3. The van der Waals surface area contributed by atoms with Crippen LogP contribution in [0.4, 0.5) is 5.69 Å². The van der Waals surface area contributed by atoms with Gasteiger partial charge in [-0.15, -0.1) is 0 Å². The molecule has 2 heterocycles. The van der Waals surface area contributed by atoms with Crippen molar-refractivity contribution in [1.82, 2.24) is 10.2 Å². The molecule has 2 aliphatic rings. The van der Waals surface area contributed by atoms with E-state index < -0.39 is 0 Å². The van der Waals surface area contributed by atoms with E-state index in [0.717, 1.165) is 25.3 Å². The average Bonchev–Trinajstić information content (AvgIpc) is 2.54. The van der Waals surface area contributed by atoms with Gasteiger partial charge in [-0.3, -0.25) is 9.59 Å². The van der Waals surface area contributed by atoms with Crippen LogP contribution in [0.1, 0.15) is 13.3 Å². The van der Waals surface area contributed by atoms with Crippen molar-refractivity contribution < 1.29 is 14.3 Å². The molecular weight excluding hydrogens is 282 g/mol. The highest BCUT2D eigenvalue weighted by Gasteiger charge is 2.27. The summed E-state index contributed by atoms with van der Waals surface area (Å²) in [5, 5.41) is 3.27. The van der Waals surface area contributed by atoms with Crippen molar-refractivity contribution in [3.05, 3.63) is 24.3 Å². The second-order valence-electron chi connectivity index (χ2n) is 5.69. The summed E-state index contributed by atoms with van der Waals surface area (Å²) >= 11 is 0. The topological polar surface area (TPSA) is 61.9 Å². The standard InChI is InChI=1S/C16H21N3O3/c1-12-10-17-7-9-18(12)15(20)6-8-19-13-4-2-3-5-14(13)22-11-16(19)21/h2-5,12,17H,6-11H2,1H3. The Morgan fingerprint density at radius 3 is 3.05 bits per heavy atom. The van der Waals surface area contributed by atoms with Gasteiger partial charge in [-0.1, -0.05) is 12.1 Å². The summed E-state index contributed by atoms with van der Waals surface area (Å²) in [4.78, 5) is 28.0. The SMILES string of the molecule is CC1CNCCN1C(=O)CCN1C(=O)COc2ccccc21. The highest BCUT2D eigenvalue weighted by atomic mass is 16.5. The van der Waals surface area contributed by atoms with Crippen LogP contribution in [0.2, 0.25) is 0 Å². The summed E-state index contributed by atoms with van der Waals surface area (Å²) in [6.45, 7) is 4.86. The molecule has 0 saturated carbocycles. The molecule has 3 rings (SSSR count). The van der Waals surface area contributed by atoms with Crippen LogP contribution in [0.25, 0.3) is 0 Å². The maximum atomic E-state index is 12.4. The van der Waals surface area contributed by atoms with E-state index in [4.69, 9.17) is 4.74 Å². The highest BCUT2D eigenvalue weighted by Crippen LogP contribution is 2.31. The normalized spacial score (nSPS) is 21.3. The molecule has 0 bridgehead atoms. The lowest BCUT2D eigenvalue weighted by Gasteiger charge is -2.35. The van der Waals surface area contributed by atoms with Gasteiger partial charge in [0.1, 0.15) is 5.75 Å². The Bertz CT molecular complexity index is 576. The molecule has 2 aliphatic heterocycles. The molecule has 0 aliphatic carbocycles. The maximum Gasteiger partial charge on any atom is 0.265 e. The number of piperazine rings is 1. The fourth-order valence-corrected chi connectivity index (χ4v) is 2.96. The fourth-order valence-electron chi connectivity index (χ4n) is 2.96. The van der Waals surface area contributed by atoms with E-state index in [1.54, 1.807) is 4.90 Å². The van der Waals surface area contributed by atoms with Crippen LogP contribution in [0, 0.1) is 0 Å². The van der Waals surface area contributed by atoms with Crippen LogP contribution in [-0.4, -0.2) is 55.5 Å². The number of fused-ring (bicyclic) bond motifs is 1. The summed E-state index contributed by atoms with van der Waals surface area (Å²) in [6, 6.07) is 7.64. The number of nitrogens with zero attached hydrogens (tertiary/aromatic N) is 2. The summed E-state index contributed by atoms with van der Waals surface area (Å²) in [7, 11) is 0. The molecular formula is C16H21N3O3. The predicted molar refractivity (Wildman–Crippen MR) is 83.0 cm³/mol. The number of hydrogen-bond donors (Lipinski definition) is 1. The van der Waals surface area contributed by atoms with Crippen LogP contribution < -0.4 is 15.0 Å². The molecule has 1 N–H and O–H groups in total. The minimum atomic E-state index is -0.0974. The molecule has 1 atom stereocenters. The van der Waals surface area contributed by atoms with Gasteiger partial charge in [0.15, 0.2) is 6.61 Å². The monoisotopic (exact) mass is 303 g/mol. The maximum absolute atomic E-state index is 12.4. The van der Waals surface area contributed by atoms with E-state index in [0.29, 0.717) is 18.7 Å². The third-order valence-corrected chi connectivity index (χ3v) is 4.18. The van der Waals surface area contributed by atoms with Gasteiger partial charge in [-0.2, -0.15) is 0 Å². The molecule has 2 amide bonds. The molecule has 22 heavy (non-hydrogen) atoms. The molecule has 0 radical (unpaired) electrons. The zero-order valence-corrected chi connectivity index (χ0v) is 12.7. The number of benzene rings is 1. The van der Waals surface area contributed by atoms with Gasteiger partial charge in [0.05, 0.1) is 5.69 Å². The largest absolute Gasteiger partial charge is 0.482 e. The Hall–Kier alpha value is -2.08. The summed E-state index contributed by atoms with van der Waals surface area (Å²) in [5.74, 6) is 0.704. The summed E-state index contributed by atoms with van der Waals surface area (Å²) in [5.41, 5.74) is 0.750. The van der Waals surface area contributed by atoms with Crippen molar-refractivity contribution in [2.24, 2.45) is 0 Å². The Kier molecular flexibility index (Phi) is 4.29. The number of amides is 2. The van der Waals surface area contributed by atoms with Crippen LogP contribution in [0.15, 0.2) is 24.3 Å². The first-order valence-corrected chi connectivity index (χ1v) is 7.69. The zero-order chi connectivity index (χ0) is 15.5. The van der Waals surface area contributed by atoms with E-state index >= 15 is 0 Å². The first-order valence-electron chi connectivity index (χ1n) is 7.69. The molecule has 118 valence electrons. The van der Waals surface area contributed by atoms with E-state index in [1.807, 2.05) is 36.1 Å². The molecule has 1 fully saturated rings. The molecule has 1 aromatic rings. The van der Waals surface area contributed by atoms with E-state index in [-0.39, 0.29) is 24.5 Å². The van der Waals surface area contributed by atoms with Gasteiger partial charge in [0, 0.05) is 38.6 Å². The number of para-hydroxylation sites is 2. The second-order valence-corrected chi connectivity index (χ2v) is 5.69. The Morgan fingerprint density at radius 2 is 2.23 bits per heavy atom. The van der Waals surface area contributed by atoms with Gasteiger partial charge in [0.25, 0.3) is 5.91 Å². The second kappa shape index (κ2) is 6.36. The lowest BCUT2D eigenvalue weighted by Crippen LogP contribution is -2.53. The van der Waals surface area contributed by atoms with Crippen LogP contribution in [0.5, 0.6) is 5.75 Å².